The van der Waals surface area contributed by atoms with Gasteiger partial charge in [-0.05, 0) is 25.7 Å². The number of hydrogen-bond acceptors (Lipinski definition) is 2. The van der Waals surface area contributed by atoms with Crippen LogP contribution in [0.2, 0.25) is 0 Å². The minimum Gasteiger partial charge on any atom is -0.327 e. The van der Waals surface area contributed by atoms with Crippen molar-refractivity contribution in [3.63, 3.8) is 0 Å². The molecule has 0 aromatic rings. The maximum absolute atomic E-state index is 5.88. The lowest BCUT2D eigenvalue weighted by molar-refractivity contribution is 0.464. The molecule has 9 heavy (non-hydrogen) atoms. The molecule has 0 heterocycles. The topological polar surface area (TPSA) is 52.0 Å². The Morgan fingerprint density at radius 3 is 2.11 bits per heavy atom. The van der Waals surface area contributed by atoms with Crippen LogP contribution in [0, 0.1) is 5.92 Å². The lowest BCUT2D eigenvalue weighted by Gasteiger charge is -2.15. The predicted octanol–water partition coefficient (Wildman–Crippen LogP) is 0.461. The smallest absolute Gasteiger partial charge is 0.0143 e. The summed E-state index contributed by atoms with van der Waals surface area (Å²) < 4.78 is 0. The van der Waals surface area contributed by atoms with E-state index in [0.29, 0.717) is 12.0 Å². The summed E-state index contributed by atoms with van der Waals surface area (Å²) in [5.41, 5.74) is 11.7. The first-order chi connectivity index (χ1) is 4.01. The fourth-order valence-electron chi connectivity index (χ4n) is 1.71. The maximum Gasteiger partial charge on any atom is 0.0143 e. The van der Waals surface area contributed by atoms with Gasteiger partial charge in [-0.1, -0.05) is 6.92 Å². The molecule has 0 bridgehead atoms. The lowest BCUT2D eigenvalue weighted by Crippen LogP contribution is -2.34. The molecule has 54 valence electrons. The highest BCUT2D eigenvalue weighted by Crippen LogP contribution is 2.30. The zero-order valence-corrected chi connectivity index (χ0v) is 6.22. The summed E-state index contributed by atoms with van der Waals surface area (Å²) in [5.74, 6) is 0.611. The fourth-order valence-corrected chi connectivity index (χ4v) is 1.71. The Labute approximate surface area is 56.6 Å². The van der Waals surface area contributed by atoms with Crippen molar-refractivity contribution in [1.29, 1.82) is 0 Å². The summed E-state index contributed by atoms with van der Waals surface area (Å²) in [5, 5.41) is 0. The van der Waals surface area contributed by atoms with E-state index in [1.54, 1.807) is 0 Å². The third kappa shape index (κ3) is 1.43. The summed E-state index contributed by atoms with van der Waals surface area (Å²) in [6.45, 7) is 4.25. The van der Waals surface area contributed by atoms with Gasteiger partial charge in [0.25, 0.3) is 0 Å². The second-order valence-electron chi connectivity index (χ2n) is 3.70. The normalized spacial score (nSPS) is 52.0. The van der Waals surface area contributed by atoms with Crippen LogP contribution in [0.25, 0.3) is 0 Å². The van der Waals surface area contributed by atoms with E-state index in [4.69, 9.17) is 11.5 Å². The van der Waals surface area contributed by atoms with Gasteiger partial charge in [0, 0.05) is 11.6 Å². The van der Waals surface area contributed by atoms with Gasteiger partial charge in [0.1, 0.15) is 0 Å². The molecule has 1 fully saturated rings. The Balaban J connectivity index is 2.54. The fraction of sp³-hybridized carbons (Fsp3) is 1.00. The number of rotatable bonds is 0. The highest BCUT2D eigenvalue weighted by Gasteiger charge is 2.34. The van der Waals surface area contributed by atoms with E-state index in [2.05, 4.69) is 13.8 Å². The standard InChI is InChI=1S/C7H16N2/c1-5-3-7(2,9)4-6(5)8/h5-6H,3-4,8-9H2,1-2H3/t5-,6+,7+/m1/s1. The summed E-state index contributed by atoms with van der Waals surface area (Å²) >= 11 is 0. The number of nitrogens with two attached hydrogens (primary N) is 2. The van der Waals surface area contributed by atoms with Crippen LogP contribution in [-0.4, -0.2) is 11.6 Å². The predicted molar refractivity (Wildman–Crippen MR) is 39.0 cm³/mol. The summed E-state index contributed by atoms with van der Waals surface area (Å²) in [6, 6.07) is 0.333. The Morgan fingerprint density at radius 2 is 2.00 bits per heavy atom. The van der Waals surface area contributed by atoms with Crippen molar-refractivity contribution in [3.8, 4) is 0 Å². The molecule has 0 saturated heterocycles. The van der Waals surface area contributed by atoms with Gasteiger partial charge in [-0.3, -0.25) is 0 Å². The first-order valence-electron chi connectivity index (χ1n) is 3.56. The van der Waals surface area contributed by atoms with Gasteiger partial charge in [-0.25, -0.2) is 0 Å². The molecule has 0 aromatic heterocycles. The largest absolute Gasteiger partial charge is 0.327 e. The van der Waals surface area contributed by atoms with Gasteiger partial charge in [-0.2, -0.15) is 0 Å². The molecule has 4 N–H and O–H groups in total. The molecular formula is C7H16N2. The minimum absolute atomic E-state index is 0.0127. The van der Waals surface area contributed by atoms with E-state index in [0.717, 1.165) is 12.8 Å². The summed E-state index contributed by atoms with van der Waals surface area (Å²) in [4.78, 5) is 0. The van der Waals surface area contributed by atoms with Crippen LogP contribution < -0.4 is 11.5 Å². The zero-order valence-electron chi connectivity index (χ0n) is 6.22. The molecule has 3 atom stereocenters. The van der Waals surface area contributed by atoms with Crippen LogP contribution in [0.5, 0.6) is 0 Å². The highest BCUT2D eigenvalue weighted by atomic mass is 14.8. The quantitative estimate of drug-likeness (QED) is 0.498. The van der Waals surface area contributed by atoms with Crippen molar-refractivity contribution in [1.82, 2.24) is 0 Å². The molecule has 1 rings (SSSR count). The maximum atomic E-state index is 5.88. The van der Waals surface area contributed by atoms with E-state index in [1.165, 1.54) is 0 Å². The third-order valence-corrected chi connectivity index (χ3v) is 2.22. The van der Waals surface area contributed by atoms with Gasteiger partial charge in [0.2, 0.25) is 0 Å². The molecule has 2 nitrogen and oxygen atoms in total. The van der Waals surface area contributed by atoms with Crippen molar-refractivity contribution >= 4 is 0 Å². The first kappa shape index (κ1) is 7.03. The van der Waals surface area contributed by atoms with Crippen molar-refractivity contribution in [3.05, 3.63) is 0 Å². The SMILES string of the molecule is C[C@@H]1C[C@](C)(N)C[C@@H]1N. The molecule has 1 aliphatic carbocycles. The molecule has 2 heteroatoms. The molecule has 0 radical (unpaired) electrons. The number of hydrogen-bond donors (Lipinski definition) is 2. The van der Waals surface area contributed by atoms with Crippen LogP contribution in [-0.2, 0) is 0 Å². The van der Waals surface area contributed by atoms with Crippen LogP contribution >= 0.6 is 0 Å². The van der Waals surface area contributed by atoms with Crippen molar-refractivity contribution in [2.75, 3.05) is 0 Å². The van der Waals surface area contributed by atoms with Crippen molar-refractivity contribution in [2.45, 2.75) is 38.3 Å². The van der Waals surface area contributed by atoms with E-state index in [9.17, 15) is 0 Å². The van der Waals surface area contributed by atoms with E-state index >= 15 is 0 Å². The minimum atomic E-state index is 0.0127. The van der Waals surface area contributed by atoms with Crippen molar-refractivity contribution in [2.24, 2.45) is 17.4 Å². The van der Waals surface area contributed by atoms with Crippen LogP contribution in [0.1, 0.15) is 26.7 Å². The van der Waals surface area contributed by atoms with Gasteiger partial charge in [0.05, 0.1) is 0 Å². The van der Waals surface area contributed by atoms with Crippen LogP contribution in [0.3, 0.4) is 0 Å². The first-order valence-corrected chi connectivity index (χ1v) is 3.56. The summed E-state index contributed by atoms with van der Waals surface area (Å²) in [6.07, 6.45) is 2.06. The molecule has 0 aromatic carbocycles. The molecular weight excluding hydrogens is 112 g/mol. The monoisotopic (exact) mass is 128 g/mol. The Bertz CT molecular complexity index is 97.5. The van der Waals surface area contributed by atoms with E-state index in [-0.39, 0.29) is 5.54 Å². The molecule has 1 saturated carbocycles. The molecule has 0 unspecified atom stereocenters. The van der Waals surface area contributed by atoms with Crippen LogP contribution in [0.4, 0.5) is 0 Å². The zero-order chi connectivity index (χ0) is 7.07. The molecule has 1 aliphatic rings. The van der Waals surface area contributed by atoms with Crippen molar-refractivity contribution < 1.29 is 0 Å². The van der Waals surface area contributed by atoms with Gasteiger partial charge >= 0.3 is 0 Å². The summed E-state index contributed by atoms with van der Waals surface area (Å²) in [7, 11) is 0. The molecule has 0 aliphatic heterocycles. The Hall–Kier alpha value is -0.0800. The lowest BCUT2D eigenvalue weighted by atomic mass is 10.0. The Kier molecular flexibility index (Phi) is 1.53. The third-order valence-electron chi connectivity index (χ3n) is 2.22. The second-order valence-corrected chi connectivity index (χ2v) is 3.70. The highest BCUT2D eigenvalue weighted by molar-refractivity contribution is 4.95. The van der Waals surface area contributed by atoms with Gasteiger partial charge in [-0.15, -0.1) is 0 Å². The van der Waals surface area contributed by atoms with Gasteiger partial charge in [0.15, 0.2) is 0 Å². The molecule has 0 amide bonds. The average Bonchev–Trinajstić information content (AvgIpc) is 1.79. The second kappa shape index (κ2) is 1.96. The average molecular weight is 128 g/mol. The van der Waals surface area contributed by atoms with Gasteiger partial charge < -0.3 is 11.5 Å². The molecule has 0 spiro atoms. The van der Waals surface area contributed by atoms with E-state index < -0.39 is 0 Å². The van der Waals surface area contributed by atoms with E-state index in [1.807, 2.05) is 0 Å². The Morgan fingerprint density at radius 1 is 1.44 bits per heavy atom. The van der Waals surface area contributed by atoms with Crippen LogP contribution in [0.15, 0.2) is 0 Å².